The van der Waals surface area contributed by atoms with Crippen LogP contribution in [0.2, 0.25) is 0 Å². The van der Waals surface area contributed by atoms with Crippen LogP contribution in [-0.2, 0) is 19.4 Å². The summed E-state index contributed by atoms with van der Waals surface area (Å²) in [5.74, 6) is 0.572. The van der Waals surface area contributed by atoms with E-state index in [1.54, 1.807) is 22.8 Å². The SMILES string of the molecule is O=c1c2c(NCCc3ccccc3)cccc2nc(-c2ccccc2O)n1CCc1ccccc1. The first-order valence-corrected chi connectivity index (χ1v) is 11.8. The Kier molecular flexibility index (Phi) is 6.57. The Morgan fingerprint density at radius 1 is 0.743 bits per heavy atom. The smallest absolute Gasteiger partial charge is 0.263 e. The molecule has 0 fully saturated rings. The highest BCUT2D eigenvalue weighted by Crippen LogP contribution is 2.29. The second-order valence-electron chi connectivity index (χ2n) is 8.51. The molecule has 0 bridgehead atoms. The zero-order valence-electron chi connectivity index (χ0n) is 19.4. The topological polar surface area (TPSA) is 67.2 Å². The molecule has 5 aromatic rings. The fourth-order valence-corrected chi connectivity index (χ4v) is 4.36. The third-order valence-electron chi connectivity index (χ3n) is 6.17. The average Bonchev–Trinajstić information content (AvgIpc) is 2.89. The lowest BCUT2D eigenvalue weighted by Crippen LogP contribution is -2.25. The van der Waals surface area contributed by atoms with E-state index in [1.165, 1.54) is 5.56 Å². The van der Waals surface area contributed by atoms with Gasteiger partial charge < -0.3 is 10.4 Å². The van der Waals surface area contributed by atoms with Crippen molar-refractivity contribution < 1.29 is 5.11 Å². The highest BCUT2D eigenvalue weighted by molar-refractivity contribution is 5.91. The molecule has 0 atom stereocenters. The number of hydrogen-bond donors (Lipinski definition) is 2. The number of para-hydroxylation sites is 1. The number of nitrogens with zero attached hydrogens (tertiary/aromatic N) is 2. The van der Waals surface area contributed by atoms with E-state index in [4.69, 9.17) is 4.98 Å². The van der Waals surface area contributed by atoms with Crippen molar-refractivity contribution in [2.45, 2.75) is 19.4 Å². The molecule has 1 heterocycles. The van der Waals surface area contributed by atoms with Gasteiger partial charge in [0.25, 0.3) is 5.56 Å². The lowest BCUT2D eigenvalue weighted by atomic mass is 10.1. The van der Waals surface area contributed by atoms with Gasteiger partial charge >= 0.3 is 0 Å². The highest BCUT2D eigenvalue weighted by Gasteiger charge is 2.17. The van der Waals surface area contributed by atoms with Gasteiger partial charge in [0.15, 0.2) is 0 Å². The molecule has 5 nitrogen and oxygen atoms in total. The van der Waals surface area contributed by atoms with Crippen LogP contribution in [0.15, 0.2) is 108 Å². The van der Waals surface area contributed by atoms with E-state index in [9.17, 15) is 9.90 Å². The number of rotatable bonds is 8. The average molecular weight is 462 g/mol. The van der Waals surface area contributed by atoms with Crippen LogP contribution in [0.25, 0.3) is 22.3 Å². The predicted octanol–water partition coefficient (Wildman–Crippen LogP) is 5.67. The molecule has 0 amide bonds. The summed E-state index contributed by atoms with van der Waals surface area (Å²) in [6.07, 6.45) is 1.53. The third-order valence-corrected chi connectivity index (χ3v) is 6.17. The second-order valence-corrected chi connectivity index (χ2v) is 8.51. The molecule has 0 aliphatic rings. The van der Waals surface area contributed by atoms with Gasteiger partial charge in [-0.15, -0.1) is 0 Å². The molecule has 0 spiro atoms. The van der Waals surface area contributed by atoms with Gasteiger partial charge in [0.05, 0.1) is 16.5 Å². The largest absolute Gasteiger partial charge is 0.507 e. The molecule has 0 aliphatic heterocycles. The van der Waals surface area contributed by atoms with Crippen molar-refractivity contribution in [2.75, 3.05) is 11.9 Å². The highest BCUT2D eigenvalue weighted by atomic mass is 16.3. The molecule has 0 saturated heterocycles. The van der Waals surface area contributed by atoms with Crippen molar-refractivity contribution in [3.8, 4) is 17.1 Å². The van der Waals surface area contributed by atoms with Gasteiger partial charge in [-0.05, 0) is 48.2 Å². The molecule has 0 unspecified atom stereocenters. The molecule has 0 aliphatic carbocycles. The van der Waals surface area contributed by atoms with Crippen molar-refractivity contribution in [1.29, 1.82) is 0 Å². The predicted molar refractivity (Wildman–Crippen MR) is 142 cm³/mol. The van der Waals surface area contributed by atoms with Gasteiger partial charge in [-0.25, -0.2) is 4.98 Å². The van der Waals surface area contributed by atoms with E-state index in [-0.39, 0.29) is 11.3 Å². The van der Waals surface area contributed by atoms with Crippen molar-refractivity contribution in [1.82, 2.24) is 9.55 Å². The molecular formula is C30H27N3O2. The first-order valence-electron chi connectivity index (χ1n) is 11.8. The van der Waals surface area contributed by atoms with Crippen LogP contribution in [0.3, 0.4) is 0 Å². The molecule has 5 heteroatoms. The summed E-state index contributed by atoms with van der Waals surface area (Å²) >= 11 is 0. The van der Waals surface area contributed by atoms with E-state index >= 15 is 0 Å². The molecule has 4 aromatic carbocycles. The number of phenolic OH excluding ortho intramolecular Hbond substituents is 1. The molecule has 0 saturated carbocycles. The first kappa shape index (κ1) is 22.4. The fraction of sp³-hybridized carbons (Fsp3) is 0.133. The zero-order valence-corrected chi connectivity index (χ0v) is 19.4. The van der Waals surface area contributed by atoms with Crippen LogP contribution in [0, 0.1) is 0 Å². The Morgan fingerprint density at radius 3 is 2.11 bits per heavy atom. The Labute approximate surface area is 204 Å². The molecule has 5 rings (SSSR count). The monoisotopic (exact) mass is 461 g/mol. The lowest BCUT2D eigenvalue weighted by Gasteiger charge is -2.17. The van der Waals surface area contributed by atoms with Crippen molar-refractivity contribution >= 4 is 16.6 Å². The zero-order chi connectivity index (χ0) is 24.0. The summed E-state index contributed by atoms with van der Waals surface area (Å²) in [4.78, 5) is 18.8. The minimum atomic E-state index is -0.119. The number of benzene rings is 4. The lowest BCUT2D eigenvalue weighted by molar-refractivity contribution is 0.476. The maximum absolute atomic E-state index is 13.9. The molecular weight excluding hydrogens is 434 g/mol. The van der Waals surface area contributed by atoms with E-state index in [2.05, 4.69) is 29.6 Å². The minimum Gasteiger partial charge on any atom is -0.507 e. The maximum atomic E-state index is 13.9. The molecule has 2 N–H and O–H groups in total. The van der Waals surface area contributed by atoms with Gasteiger partial charge in [-0.2, -0.15) is 0 Å². The number of aryl methyl sites for hydroxylation is 1. The van der Waals surface area contributed by atoms with Crippen LogP contribution < -0.4 is 10.9 Å². The van der Waals surface area contributed by atoms with Gasteiger partial charge in [0.2, 0.25) is 0 Å². The quantitative estimate of drug-likeness (QED) is 0.313. The van der Waals surface area contributed by atoms with Crippen molar-refractivity contribution in [2.24, 2.45) is 0 Å². The van der Waals surface area contributed by atoms with E-state index < -0.39 is 0 Å². The fourth-order valence-electron chi connectivity index (χ4n) is 4.36. The van der Waals surface area contributed by atoms with E-state index in [1.807, 2.05) is 60.7 Å². The number of phenols is 1. The number of aromatic nitrogens is 2. The molecule has 35 heavy (non-hydrogen) atoms. The van der Waals surface area contributed by atoms with Crippen LogP contribution in [0.4, 0.5) is 5.69 Å². The second kappa shape index (κ2) is 10.3. The number of nitrogens with one attached hydrogen (secondary N) is 1. The number of anilines is 1. The first-order chi connectivity index (χ1) is 17.2. The van der Waals surface area contributed by atoms with Crippen LogP contribution in [0.5, 0.6) is 5.75 Å². The summed E-state index contributed by atoms with van der Waals surface area (Å²) in [5.41, 5.74) is 4.17. The van der Waals surface area contributed by atoms with E-state index in [0.717, 1.165) is 17.7 Å². The van der Waals surface area contributed by atoms with E-state index in [0.29, 0.717) is 41.8 Å². The van der Waals surface area contributed by atoms with Crippen LogP contribution >= 0.6 is 0 Å². The van der Waals surface area contributed by atoms with Crippen molar-refractivity contribution in [3.05, 3.63) is 125 Å². The Hall–Kier alpha value is -4.38. The van der Waals surface area contributed by atoms with Gasteiger partial charge in [0.1, 0.15) is 11.6 Å². The summed E-state index contributed by atoms with van der Waals surface area (Å²) in [7, 11) is 0. The number of aromatic hydroxyl groups is 1. The minimum absolute atomic E-state index is 0.101. The molecule has 174 valence electrons. The summed E-state index contributed by atoms with van der Waals surface area (Å²) < 4.78 is 1.69. The Morgan fingerprint density at radius 2 is 1.40 bits per heavy atom. The van der Waals surface area contributed by atoms with Gasteiger partial charge in [0, 0.05) is 18.8 Å². The Balaban J connectivity index is 1.56. The standard InChI is InChI=1S/C30H27N3O2/c34-27-17-8-7-14-24(27)29-32-26-16-9-15-25(31-20-18-22-10-3-1-4-11-22)28(26)30(35)33(29)21-19-23-12-5-2-6-13-23/h1-17,31,34H,18-21H2. The normalized spacial score (nSPS) is 11.0. The van der Waals surface area contributed by atoms with Crippen LogP contribution in [0.1, 0.15) is 11.1 Å². The number of hydrogen-bond acceptors (Lipinski definition) is 4. The maximum Gasteiger partial charge on any atom is 0.263 e. The number of fused-ring (bicyclic) bond motifs is 1. The molecule has 1 aromatic heterocycles. The summed E-state index contributed by atoms with van der Waals surface area (Å²) in [5, 5.41) is 14.6. The Bertz CT molecular complexity index is 1500. The van der Waals surface area contributed by atoms with Crippen LogP contribution in [-0.4, -0.2) is 21.2 Å². The summed E-state index contributed by atoms with van der Waals surface area (Å²) in [6.45, 7) is 1.15. The third kappa shape index (κ3) is 4.94. The van der Waals surface area contributed by atoms with Gasteiger partial charge in [-0.3, -0.25) is 9.36 Å². The summed E-state index contributed by atoms with van der Waals surface area (Å²) in [6, 6.07) is 33.0. The van der Waals surface area contributed by atoms with Gasteiger partial charge in [-0.1, -0.05) is 78.9 Å². The molecule has 0 radical (unpaired) electrons. The van der Waals surface area contributed by atoms with Crippen molar-refractivity contribution in [3.63, 3.8) is 0 Å².